The number of carbonyl (C=O) groups excluding carboxylic acids is 2. The van der Waals surface area contributed by atoms with Gasteiger partial charge in [0.05, 0.1) is 6.61 Å². The number of ether oxygens (including phenoxy) is 1. The van der Waals surface area contributed by atoms with Crippen LogP contribution in [0.1, 0.15) is 25.8 Å². The van der Waals surface area contributed by atoms with Crippen LogP contribution in [0.4, 0.5) is 0 Å². The number of hydrogen-bond donors (Lipinski definition) is 1. The summed E-state index contributed by atoms with van der Waals surface area (Å²) in [6, 6.07) is 9.26. The van der Waals surface area contributed by atoms with E-state index < -0.39 is 6.04 Å². The van der Waals surface area contributed by atoms with Gasteiger partial charge in [-0.15, -0.1) is 12.4 Å². The van der Waals surface area contributed by atoms with E-state index in [-0.39, 0.29) is 48.9 Å². The Morgan fingerprint density at radius 1 is 1.31 bits per heavy atom. The monoisotopic (exact) mass is 381 g/mol. The number of nitrogens with two attached hydrogens (primary N) is 1. The highest BCUT2D eigenvalue weighted by Crippen LogP contribution is 2.29. The van der Waals surface area contributed by atoms with Gasteiger partial charge in [-0.05, 0) is 17.4 Å². The van der Waals surface area contributed by atoms with Crippen molar-refractivity contribution in [3.8, 4) is 0 Å². The largest absolute Gasteiger partial charge is 0.369 e. The lowest BCUT2D eigenvalue weighted by atomic mass is 9.79. The van der Waals surface area contributed by atoms with Gasteiger partial charge < -0.3 is 20.3 Å². The van der Waals surface area contributed by atoms with Crippen LogP contribution in [0.5, 0.6) is 0 Å². The van der Waals surface area contributed by atoms with Crippen molar-refractivity contribution in [1.82, 2.24) is 9.80 Å². The zero-order valence-electron chi connectivity index (χ0n) is 15.4. The van der Waals surface area contributed by atoms with Crippen molar-refractivity contribution in [1.29, 1.82) is 0 Å². The lowest BCUT2D eigenvalue weighted by Crippen LogP contribution is -2.61. The Balaban J connectivity index is 0.00000243. The normalized spacial score (nSPS) is 25.6. The summed E-state index contributed by atoms with van der Waals surface area (Å²) in [4.78, 5) is 29.0. The first-order valence-electron chi connectivity index (χ1n) is 8.84. The van der Waals surface area contributed by atoms with Crippen molar-refractivity contribution < 1.29 is 14.3 Å². The fraction of sp³-hybridized carbons (Fsp3) is 0.579. The number of morpholine rings is 1. The van der Waals surface area contributed by atoms with Crippen molar-refractivity contribution in [2.75, 3.05) is 26.3 Å². The second kappa shape index (κ2) is 8.37. The van der Waals surface area contributed by atoms with Gasteiger partial charge in [0.2, 0.25) is 11.8 Å². The van der Waals surface area contributed by atoms with Gasteiger partial charge in [0.15, 0.2) is 0 Å². The molecule has 2 N–H and O–H groups in total. The first-order valence-corrected chi connectivity index (χ1v) is 8.84. The van der Waals surface area contributed by atoms with Gasteiger partial charge in [0.1, 0.15) is 12.6 Å². The maximum atomic E-state index is 13.1. The van der Waals surface area contributed by atoms with Gasteiger partial charge in [-0.1, -0.05) is 44.2 Å². The Morgan fingerprint density at radius 2 is 2.00 bits per heavy atom. The van der Waals surface area contributed by atoms with Crippen molar-refractivity contribution in [3.05, 3.63) is 35.9 Å². The fourth-order valence-corrected chi connectivity index (χ4v) is 3.56. The molecule has 6 nitrogen and oxygen atoms in total. The van der Waals surface area contributed by atoms with Crippen molar-refractivity contribution in [2.24, 2.45) is 11.1 Å². The SMILES string of the molecule is CC1(C)CN(C(=O)[C@H]2COCC(=O)N2Cc2ccccc2)CCC1N.Cl. The molecular formula is C19H28ClN3O3. The van der Waals surface area contributed by atoms with Gasteiger partial charge in [0.25, 0.3) is 0 Å². The van der Waals surface area contributed by atoms with E-state index in [0.29, 0.717) is 19.6 Å². The highest BCUT2D eigenvalue weighted by molar-refractivity contribution is 5.89. The van der Waals surface area contributed by atoms with E-state index in [1.807, 2.05) is 35.2 Å². The fourth-order valence-electron chi connectivity index (χ4n) is 3.56. The molecule has 3 rings (SSSR count). The zero-order valence-corrected chi connectivity index (χ0v) is 16.2. The Labute approximate surface area is 161 Å². The first-order chi connectivity index (χ1) is 11.9. The molecule has 0 radical (unpaired) electrons. The minimum Gasteiger partial charge on any atom is -0.369 e. The highest BCUT2D eigenvalue weighted by atomic mass is 35.5. The lowest BCUT2D eigenvalue weighted by molar-refractivity contribution is -0.161. The molecule has 0 saturated carbocycles. The van der Waals surface area contributed by atoms with Crippen LogP contribution in [-0.2, 0) is 20.9 Å². The van der Waals surface area contributed by atoms with Crippen LogP contribution in [0.3, 0.4) is 0 Å². The van der Waals surface area contributed by atoms with E-state index in [4.69, 9.17) is 10.5 Å². The number of halogens is 1. The number of amides is 2. The average molecular weight is 382 g/mol. The van der Waals surface area contributed by atoms with Crippen LogP contribution in [0.15, 0.2) is 30.3 Å². The molecule has 26 heavy (non-hydrogen) atoms. The number of rotatable bonds is 3. The van der Waals surface area contributed by atoms with Crippen LogP contribution in [0, 0.1) is 5.41 Å². The molecule has 0 aromatic heterocycles. The van der Waals surface area contributed by atoms with Crippen molar-refractivity contribution >= 4 is 24.2 Å². The average Bonchev–Trinajstić information content (AvgIpc) is 2.59. The predicted molar refractivity (Wildman–Crippen MR) is 102 cm³/mol. The molecule has 2 atom stereocenters. The Bertz CT molecular complexity index is 638. The van der Waals surface area contributed by atoms with Crippen LogP contribution >= 0.6 is 12.4 Å². The Hall–Kier alpha value is -1.63. The van der Waals surface area contributed by atoms with Gasteiger partial charge in [-0.25, -0.2) is 0 Å². The summed E-state index contributed by atoms with van der Waals surface area (Å²) < 4.78 is 5.38. The summed E-state index contributed by atoms with van der Waals surface area (Å²) in [7, 11) is 0. The number of likely N-dealkylation sites (tertiary alicyclic amines) is 1. The Morgan fingerprint density at radius 3 is 2.65 bits per heavy atom. The molecule has 7 heteroatoms. The van der Waals surface area contributed by atoms with Gasteiger partial charge in [-0.2, -0.15) is 0 Å². The molecule has 2 fully saturated rings. The van der Waals surface area contributed by atoms with Gasteiger partial charge in [-0.3, -0.25) is 9.59 Å². The summed E-state index contributed by atoms with van der Waals surface area (Å²) >= 11 is 0. The molecule has 0 bridgehead atoms. The number of benzene rings is 1. The zero-order chi connectivity index (χ0) is 18.0. The predicted octanol–water partition coefficient (Wildman–Crippen LogP) is 1.42. The number of hydrogen-bond acceptors (Lipinski definition) is 4. The van der Waals surface area contributed by atoms with Gasteiger partial charge in [0, 0.05) is 25.7 Å². The standard InChI is InChI=1S/C19H27N3O3.ClH/c1-19(2)13-21(9-8-16(19)20)18(24)15-11-25-12-17(23)22(15)10-14-6-4-3-5-7-14;/h3-7,15-16H,8-13,20H2,1-2H3;1H/t15-,16?;/m1./s1. The van der Waals surface area contributed by atoms with E-state index in [9.17, 15) is 9.59 Å². The number of nitrogens with zero attached hydrogens (tertiary/aromatic N) is 2. The van der Waals surface area contributed by atoms with E-state index >= 15 is 0 Å². The molecule has 2 aliphatic heterocycles. The minimum atomic E-state index is -0.563. The summed E-state index contributed by atoms with van der Waals surface area (Å²) in [6.45, 7) is 6.12. The molecule has 2 saturated heterocycles. The highest BCUT2D eigenvalue weighted by Gasteiger charge is 2.41. The van der Waals surface area contributed by atoms with E-state index in [0.717, 1.165) is 12.0 Å². The second-order valence-electron chi connectivity index (χ2n) is 7.68. The molecule has 1 aromatic rings. The molecule has 0 aliphatic carbocycles. The van der Waals surface area contributed by atoms with Gasteiger partial charge >= 0.3 is 0 Å². The number of carbonyl (C=O) groups is 2. The third-order valence-electron chi connectivity index (χ3n) is 5.30. The number of piperidine rings is 1. The smallest absolute Gasteiger partial charge is 0.249 e. The molecular weight excluding hydrogens is 354 g/mol. The molecule has 144 valence electrons. The minimum absolute atomic E-state index is 0. The first kappa shape index (κ1) is 20.7. The quantitative estimate of drug-likeness (QED) is 0.859. The third kappa shape index (κ3) is 4.37. The van der Waals surface area contributed by atoms with E-state index in [2.05, 4.69) is 13.8 Å². The summed E-state index contributed by atoms with van der Waals surface area (Å²) in [5, 5.41) is 0. The van der Waals surface area contributed by atoms with E-state index in [1.54, 1.807) is 4.90 Å². The maximum Gasteiger partial charge on any atom is 0.249 e. The van der Waals surface area contributed by atoms with Crippen LogP contribution in [0.25, 0.3) is 0 Å². The summed E-state index contributed by atoms with van der Waals surface area (Å²) in [5.41, 5.74) is 7.06. The summed E-state index contributed by atoms with van der Waals surface area (Å²) in [5.74, 6) is -0.176. The molecule has 2 heterocycles. The van der Waals surface area contributed by atoms with Crippen molar-refractivity contribution in [2.45, 2.75) is 38.9 Å². The molecule has 1 aromatic carbocycles. The van der Waals surface area contributed by atoms with Crippen LogP contribution in [0.2, 0.25) is 0 Å². The third-order valence-corrected chi connectivity index (χ3v) is 5.30. The topological polar surface area (TPSA) is 75.9 Å². The van der Waals surface area contributed by atoms with Crippen LogP contribution in [-0.4, -0.2) is 60.0 Å². The maximum absolute atomic E-state index is 13.1. The molecule has 2 aliphatic rings. The molecule has 2 amide bonds. The van der Waals surface area contributed by atoms with Crippen molar-refractivity contribution in [3.63, 3.8) is 0 Å². The molecule has 1 unspecified atom stereocenters. The van der Waals surface area contributed by atoms with E-state index in [1.165, 1.54) is 0 Å². The molecule has 0 spiro atoms. The lowest BCUT2D eigenvalue weighted by Gasteiger charge is -2.45. The summed E-state index contributed by atoms with van der Waals surface area (Å²) in [6.07, 6.45) is 0.777. The second-order valence-corrected chi connectivity index (χ2v) is 7.68. The Kier molecular flexibility index (Phi) is 6.66. The van der Waals surface area contributed by atoms with Crippen LogP contribution < -0.4 is 5.73 Å².